The number of benzene rings is 1. The van der Waals surface area contributed by atoms with Gasteiger partial charge in [0.25, 0.3) is 5.69 Å². The first kappa shape index (κ1) is 18.1. The first-order chi connectivity index (χ1) is 10.9. The molecule has 1 saturated carbocycles. The average molecular weight is 338 g/mol. The van der Waals surface area contributed by atoms with Crippen LogP contribution in [0.25, 0.3) is 0 Å². The van der Waals surface area contributed by atoms with E-state index in [2.05, 4.69) is 5.32 Å². The van der Waals surface area contributed by atoms with Gasteiger partial charge in [-0.05, 0) is 38.7 Å². The molecule has 6 heteroatoms. The van der Waals surface area contributed by atoms with Crippen LogP contribution in [0.5, 0.6) is 0 Å². The highest BCUT2D eigenvalue weighted by Gasteiger charge is 2.26. The highest BCUT2D eigenvalue weighted by atomic mass is 32.2. The summed E-state index contributed by atoms with van der Waals surface area (Å²) < 4.78 is 12.0. The van der Waals surface area contributed by atoms with Crippen molar-refractivity contribution in [1.82, 2.24) is 5.32 Å². The van der Waals surface area contributed by atoms with Crippen LogP contribution < -0.4 is 5.32 Å². The fourth-order valence-corrected chi connectivity index (χ4v) is 4.66. The van der Waals surface area contributed by atoms with Crippen LogP contribution in [-0.2, 0) is 10.8 Å². The van der Waals surface area contributed by atoms with Crippen molar-refractivity contribution >= 4 is 16.5 Å². The molecule has 128 valence electrons. The predicted octanol–water partition coefficient (Wildman–Crippen LogP) is 3.63. The molecule has 0 heterocycles. The Bertz CT molecular complexity index is 591. The van der Waals surface area contributed by atoms with E-state index in [1.54, 1.807) is 13.0 Å². The van der Waals surface area contributed by atoms with Crippen LogP contribution >= 0.6 is 0 Å². The third kappa shape index (κ3) is 4.61. The highest BCUT2D eigenvalue weighted by molar-refractivity contribution is 7.85. The minimum absolute atomic E-state index is 0.0492. The van der Waals surface area contributed by atoms with Gasteiger partial charge in [0.1, 0.15) is 0 Å². The number of nitrogens with one attached hydrogen (secondary N) is 1. The molecule has 0 bridgehead atoms. The van der Waals surface area contributed by atoms with Crippen LogP contribution in [0.2, 0.25) is 0 Å². The Morgan fingerprint density at radius 1 is 1.43 bits per heavy atom. The Morgan fingerprint density at radius 3 is 2.83 bits per heavy atom. The monoisotopic (exact) mass is 338 g/mol. The molecule has 0 unspecified atom stereocenters. The van der Waals surface area contributed by atoms with Crippen LogP contribution in [0.1, 0.15) is 56.7 Å². The fourth-order valence-electron chi connectivity index (χ4n) is 3.31. The molecular formula is C17H26N2O3S. The van der Waals surface area contributed by atoms with Crippen molar-refractivity contribution in [2.75, 3.05) is 5.75 Å². The molecule has 4 atom stereocenters. The SMILES string of the molecule is CC[S@@](=O)[C@@H]1CCC[C@H](N[C@H](C)c2ccc(C)c([N+](=O)[O-])c2)C1. The summed E-state index contributed by atoms with van der Waals surface area (Å²) in [6.07, 6.45) is 4.15. The van der Waals surface area contributed by atoms with E-state index < -0.39 is 10.8 Å². The minimum atomic E-state index is -0.736. The Balaban J connectivity index is 2.04. The molecule has 1 aliphatic carbocycles. The first-order valence-corrected chi connectivity index (χ1v) is 9.68. The maximum atomic E-state index is 12.0. The first-order valence-electron chi connectivity index (χ1n) is 8.30. The van der Waals surface area contributed by atoms with E-state index in [9.17, 15) is 14.3 Å². The summed E-state index contributed by atoms with van der Waals surface area (Å²) in [5.41, 5.74) is 1.79. The molecule has 1 aromatic carbocycles. The molecule has 1 aromatic rings. The second-order valence-corrected chi connectivity index (χ2v) is 8.35. The topological polar surface area (TPSA) is 72.2 Å². The van der Waals surface area contributed by atoms with Gasteiger partial charge in [0.05, 0.1) is 4.92 Å². The van der Waals surface area contributed by atoms with Crippen LogP contribution in [0, 0.1) is 17.0 Å². The van der Waals surface area contributed by atoms with Crippen LogP contribution in [0.4, 0.5) is 5.69 Å². The van der Waals surface area contributed by atoms with E-state index in [1.807, 2.05) is 26.0 Å². The van der Waals surface area contributed by atoms with Gasteiger partial charge >= 0.3 is 0 Å². The largest absolute Gasteiger partial charge is 0.307 e. The standard InChI is InChI=1S/C17H26N2O3S/c1-4-23(22)16-7-5-6-15(11-16)18-13(3)14-9-8-12(2)17(10-14)19(20)21/h8-10,13,15-16,18H,4-7,11H2,1-3H3/t13-,15+,16-,23-/m1/s1. The lowest BCUT2D eigenvalue weighted by Crippen LogP contribution is -2.39. The van der Waals surface area contributed by atoms with E-state index in [0.29, 0.717) is 11.6 Å². The number of nitro benzene ring substituents is 1. The Morgan fingerprint density at radius 2 is 2.17 bits per heavy atom. The fraction of sp³-hybridized carbons (Fsp3) is 0.647. The quantitative estimate of drug-likeness (QED) is 0.635. The summed E-state index contributed by atoms with van der Waals surface area (Å²) in [6.45, 7) is 5.77. The van der Waals surface area contributed by atoms with Gasteiger partial charge in [0, 0.05) is 45.5 Å². The van der Waals surface area contributed by atoms with E-state index in [4.69, 9.17) is 0 Å². The molecule has 0 aliphatic heterocycles. The highest BCUT2D eigenvalue weighted by Crippen LogP contribution is 2.27. The lowest BCUT2D eigenvalue weighted by atomic mass is 9.93. The van der Waals surface area contributed by atoms with Gasteiger partial charge in [-0.25, -0.2) is 0 Å². The van der Waals surface area contributed by atoms with Crippen molar-refractivity contribution in [3.8, 4) is 0 Å². The lowest BCUT2D eigenvalue weighted by Gasteiger charge is -2.31. The van der Waals surface area contributed by atoms with Crippen molar-refractivity contribution in [2.24, 2.45) is 0 Å². The molecule has 0 amide bonds. The van der Waals surface area contributed by atoms with E-state index >= 15 is 0 Å². The van der Waals surface area contributed by atoms with Crippen molar-refractivity contribution < 1.29 is 9.13 Å². The van der Waals surface area contributed by atoms with Gasteiger partial charge in [0.2, 0.25) is 0 Å². The smallest absolute Gasteiger partial charge is 0.272 e. The number of aryl methyl sites for hydroxylation is 1. The number of hydrogen-bond acceptors (Lipinski definition) is 4. The van der Waals surface area contributed by atoms with E-state index in [-0.39, 0.29) is 21.9 Å². The van der Waals surface area contributed by atoms with E-state index in [1.165, 1.54) is 0 Å². The van der Waals surface area contributed by atoms with Crippen molar-refractivity contribution in [1.29, 1.82) is 0 Å². The summed E-state index contributed by atoms with van der Waals surface area (Å²) >= 11 is 0. The summed E-state index contributed by atoms with van der Waals surface area (Å²) in [5.74, 6) is 0.719. The lowest BCUT2D eigenvalue weighted by molar-refractivity contribution is -0.385. The van der Waals surface area contributed by atoms with Gasteiger partial charge in [-0.1, -0.05) is 25.5 Å². The minimum Gasteiger partial charge on any atom is -0.307 e. The summed E-state index contributed by atoms with van der Waals surface area (Å²) in [7, 11) is -0.736. The maximum Gasteiger partial charge on any atom is 0.272 e. The number of rotatable bonds is 6. The molecule has 1 N–H and O–H groups in total. The van der Waals surface area contributed by atoms with Crippen molar-refractivity contribution in [3.63, 3.8) is 0 Å². The van der Waals surface area contributed by atoms with Crippen molar-refractivity contribution in [3.05, 3.63) is 39.4 Å². The second kappa shape index (κ2) is 8.02. The Labute approximate surface area is 140 Å². The van der Waals surface area contributed by atoms with E-state index in [0.717, 1.165) is 37.0 Å². The zero-order chi connectivity index (χ0) is 17.0. The van der Waals surface area contributed by atoms with Gasteiger partial charge in [-0.3, -0.25) is 14.3 Å². The van der Waals surface area contributed by atoms with Gasteiger partial charge < -0.3 is 5.32 Å². The van der Waals surface area contributed by atoms with Crippen LogP contribution in [0.15, 0.2) is 18.2 Å². The zero-order valence-electron chi connectivity index (χ0n) is 14.1. The molecule has 1 fully saturated rings. The second-order valence-electron chi connectivity index (χ2n) is 6.35. The normalized spacial score (nSPS) is 24.1. The Kier molecular flexibility index (Phi) is 6.30. The molecule has 2 rings (SSSR count). The molecule has 0 spiro atoms. The van der Waals surface area contributed by atoms with Gasteiger partial charge in [-0.15, -0.1) is 0 Å². The summed E-state index contributed by atoms with van der Waals surface area (Å²) in [6, 6.07) is 5.80. The molecule has 0 radical (unpaired) electrons. The summed E-state index contributed by atoms with van der Waals surface area (Å²) in [5, 5.41) is 14.9. The average Bonchev–Trinajstić information content (AvgIpc) is 2.54. The van der Waals surface area contributed by atoms with Crippen molar-refractivity contribution in [2.45, 2.75) is 63.8 Å². The Hall–Kier alpha value is -1.27. The molecule has 23 heavy (non-hydrogen) atoms. The molecular weight excluding hydrogens is 312 g/mol. The van der Waals surface area contributed by atoms with Crippen LogP contribution in [0.3, 0.4) is 0 Å². The molecule has 5 nitrogen and oxygen atoms in total. The summed E-state index contributed by atoms with van der Waals surface area (Å²) in [4.78, 5) is 10.8. The number of hydrogen-bond donors (Lipinski definition) is 1. The third-order valence-corrected chi connectivity index (χ3v) is 6.44. The number of nitro groups is 1. The predicted molar refractivity (Wildman–Crippen MR) is 94.1 cm³/mol. The maximum absolute atomic E-state index is 12.0. The number of nitrogens with zero attached hydrogens (tertiary/aromatic N) is 1. The molecule has 1 aliphatic rings. The van der Waals surface area contributed by atoms with Crippen LogP contribution in [-0.4, -0.2) is 26.2 Å². The molecule has 0 saturated heterocycles. The van der Waals surface area contributed by atoms with Gasteiger partial charge in [0.15, 0.2) is 0 Å². The zero-order valence-corrected chi connectivity index (χ0v) is 14.9. The van der Waals surface area contributed by atoms with Gasteiger partial charge in [-0.2, -0.15) is 0 Å². The third-order valence-electron chi connectivity index (χ3n) is 4.70. The molecule has 0 aromatic heterocycles.